The van der Waals surface area contributed by atoms with E-state index in [2.05, 4.69) is 9.88 Å². The van der Waals surface area contributed by atoms with Gasteiger partial charge in [0.25, 0.3) is 0 Å². The number of carbonyl (C=O) groups excluding carboxylic acids is 1. The molecule has 0 saturated carbocycles. The molecule has 5 rings (SSSR count). The van der Waals surface area contributed by atoms with Gasteiger partial charge in [-0.25, -0.2) is 14.2 Å². The normalized spacial score (nSPS) is 16.1. The number of morpholine rings is 1. The number of halogens is 2. The summed E-state index contributed by atoms with van der Waals surface area (Å²) >= 11 is 0. The second-order valence-electron chi connectivity index (χ2n) is 9.05. The molecule has 2 aliphatic rings. The van der Waals surface area contributed by atoms with E-state index < -0.39 is 0 Å². The Balaban J connectivity index is 0.00000336. The van der Waals surface area contributed by atoms with E-state index in [9.17, 15) is 9.18 Å². The summed E-state index contributed by atoms with van der Waals surface area (Å²) in [4.78, 5) is 28.1. The zero-order valence-electron chi connectivity index (χ0n) is 21.3. The van der Waals surface area contributed by atoms with E-state index in [0.29, 0.717) is 86.7 Å². The van der Waals surface area contributed by atoms with Crippen molar-refractivity contribution in [3.05, 3.63) is 47.8 Å². The van der Waals surface area contributed by atoms with Gasteiger partial charge < -0.3 is 34.6 Å². The summed E-state index contributed by atoms with van der Waals surface area (Å²) in [5.41, 5.74) is 7.82. The largest absolute Gasteiger partial charge is 0.493 e. The van der Waals surface area contributed by atoms with Gasteiger partial charge in [-0.2, -0.15) is 4.98 Å². The van der Waals surface area contributed by atoms with Crippen LogP contribution in [0.2, 0.25) is 0 Å². The van der Waals surface area contributed by atoms with Crippen LogP contribution in [0.3, 0.4) is 0 Å². The number of amides is 2. The van der Waals surface area contributed by atoms with Gasteiger partial charge in [0, 0.05) is 50.7 Å². The van der Waals surface area contributed by atoms with E-state index in [1.54, 1.807) is 31.4 Å². The summed E-state index contributed by atoms with van der Waals surface area (Å²) in [6, 6.07) is 9.73. The van der Waals surface area contributed by atoms with Crippen LogP contribution in [0.4, 0.5) is 21.0 Å². The smallest absolute Gasteiger partial charge is 0.320 e. The van der Waals surface area contributed by atoms with Crippen LogP contribution in [0, 0.1) is 5.82 Å². The molecule has 0 atom stereocenters. The monoisotopic (exact) mass is 546 g/mol. The standard InChI is InChI=1S/C26H31FN6O4.ClH/c1-35-22-16-21-20(15-23(22)37-17-18-3-5-19(27)6-4-18)24(28)30-25(29-21)31-7-2-8-32(10-9-31)26(34)33-11-13-36-14-12-33;/h3-6,15-16H,2,7-14,17H2,1H3,(H2,28,29,30);1H. The van der Waals surface area contributed by atoms with E-state index in [-0.39, 0.29) is 30.9 Å². The minimum absolute atomic E-state index is 0. The van der Waals surface area contributed by atoms with Gasteiger partial charge in [-0.15, -0.1) is 12.4 Å². The van der Waals surface area contributed by atoms with Crippen LogP contribution < -0.4 is 20.1 Å². The molecule has 2 aliphatic heterocycles. The SMILES string of the molecule is COc1cc2nc(N3CCCN(C(=O)N4CCOCC4)CC3)nc(N)c2cc1OCc1ccc(F)cc1.Cl. The van der Waals surface area contributed by atoms with Crippen molar-refractivity contribution < 1.29 is 23.4 Å². The minimum Gasteiger partial charge on any atom is -0.493 e. The van der Waals surface area contributed by atoms with Crippen LogP contribution in [0.15, 0.2) is 36.4 Å². The molecule has 2 saturated heterocycles. The highest BCUT2D eigenvalue weighted by Gasteiger charge is 2.26. The number of hydrogen-bond acceptors (Lipinski definition) is 8. The fourth-order valence-electron chi connectivity index (χ4n) is 4.57. The number of ether oxygens (including phenoxy) is 3. The lowest BCUT2D eigenvalue weighted by atomic mass is 10.2. The van der Waals surface area contributed by atoms with Crippen molar-refractivity contribution in [2.75, 3.05) is 70.2 Å². The molecule has 0 spiro atoms. The lowest BCUT2D eigenvalue weighted by molar-refractivity contribution is 0.0438. The maximum Gasteiger partial charge on any atom is 0.320 e. The van der Waals surface area contributed by atoms with E-state index in [1.807, 2.05) is 9.80 Å². The third-order valence-electron chi connectivity index (χ3n) is 6.64. The Morgan fingerprint density at radius 1 is 1.00 bits per heavy atom. The Morgan fingerprint density at radius 3 is 2.47 bits per heavy atom. The minimum atomic E-state index is -0.298. The number of hydrogen-bond donors (Lipinski definition) is 1. The number of nitrogens with zero attached hydrogens (tertiary/aromatic N) is 5. The van der Waals surface area contributed by atoms with Crippen molar-refractivity contribution in [2.24, 2.45) is 0 Å². The number of rotatable bonds is 5. The van der Waals surface area contributed by atoms with Gasteiger partial charge in [-0.05, 0) is 30.2 Å². The summed E-state index contributed by atoms with van der Waals surface area (Å²) in [5, 5.41) is 0.651. The summed E-state index contributed by atoms with van der Waals surface area (Å²) in [5.74, 6) is 1.56. The van der Waals surface area contributed by atoms with Gasteiger partial charge in [0.15, 0.2) is 11.5 Å². The Kier molecular flexibility index (Phi) is 8.90. The second-order valence-corrected chi connectivity index (χ2v) is 9.05. The first-order valence-electron chi connectivity index (χ1n) is 12.4. The number of aromatic nitrogens is 2. The second kappa shape index (κ2) is 12.3. The Hall–Kier alpha value is -3.57. The number of benzene rings is 2. The van der Waals surface area contributed by atoms with Gasteiger partial charge in [-0.3, -0.25) is 0 Å². The van der Waals surface area contributed by atoms with Crippen molar-refractivity contribution in [1.82, 2.24) is 19.8 Å². The van der Waals surface area contributed by atoms with Crippen LogP contribution >= 0.6 is 12.4 Å². The molecule has 2 amide bonds. The lowest BCUT2D eigenvalue weighted by Crippen LogP contribution is -2.49. The zero-order valence-corrected chi connectivity index (χ0v) is 22.1. The highest BCUT2D eigenvalue weighted by atomic mass is 35.5. The molecule has 10 nitrogen and oxygen atoms in total. The number of fused-ring (bicyclic) bond motifs is 1. The van der Waals surface area contributed by atoms with Crippen LogP contribution in [0.25, 0.3) is 10.9 Å². The molecule has 2 fully saturated rings. The molecular weight excluding hydrogens is 515 g/mol. The quantitative estimate of drug-likeness (QED) is 0.519. The Bertz CT molecular complexity index is 1260. The number of methoxy groups -OCH3 is 1. The summed E-state index contributed by atoms with van der Waals surface area (Å²) in [6.45, 7) is 5.24. The fourth-order valence-corrected chi connectivity index (χ4v) is 4.57. The average Bonchev–Trinajstić information content (AvgIpc) is 3.19. The first-order valence-corrected chi connectivity index (χ1v) is 12.4. The van der Waals surface area contributed by atoms with E-state index in [0.717, 1.165) is 12.0 Å². The average molecular weight is 547 g/mol. The van der Waals surface area contributed by atoms with Gasteiger partial charge in [0.1, 0.15) is 18.2 Å². The van der Waals surface area contributed by atoms with Crippen molar-refractivity contribution in [2.45, 2.75) is 13.0 Å². The third-order valence-corrected chi connectivity index (χ3v) is 6.64. The highest BCUT2D eigenvalue weighted by molar-refractivity contribution is 5.91. The van der Waals surface area contributed by atoms with Crippen LogP contribution in [0.5, 0.6) is 11.5 Å². The van der Waals surface area contributed by atoms with Crippen molar-refractivity contribution in [1.29, 1.82) is 0 Å². The molecule has 3 heterocycles. The molecule has 38 heavy (non-hydrogen) atoms. The summed E-state index contributed by atoms with van der Waals surface area (Å²) in [7, 11) is 1.56. The molecule has 2 aromatic carbocycles. The number of nitrogen functional groups attached to an aromatic ring is 1. The van der Waals surface area contributed by atoms with Crippen molar-refractivity contribution >= 4 is 41.1 Å². The molecule has 3 aromatic rings. The zero-order chi connectivity index (χ0) is 25.8. The van der Waals surface area contributed by atoms with Crippen LogP contribution in [0.1, 0.15) is 12.0 Å². The molecule has 204 valence electrons. The maximum absolute atomic E-state index is 13.2. The fraction of sp³-hybridized carbons (Fsp3) is 0.423. The molecule has 12 heteroatoms. The summed E-state index contributed by atoms with van der Waals surface area (Å²) < 4.78 is 30.1. The molecule has 0 radical (unpaired) electrons. The predicted molar refractivity (Wildman–Crippen MR) is 145 cm³/mol. The molecule has 1 aromatic heterocycles. The third kappa shape index (κ3) is 6.11. The van der Waals surface area contributed by atoms with E-state index in [1.165, 1.54) is 12.1 Å². The van der Waals surface area contributed by atoms with Gasteiger partial charge in [0.05, 0.1) is 25.8 Å². The predicted octanol–water partition coefficient (Wildman–Crippen LogP) is 3.32. The van der Waals surface area contributed by atoms with E-state index >= 15 is 0 Å². The molecule has 0 bridgehead atoms. The first kappa shape index (κ1) is 27.5. The maximum atomic E-state index is 13.2. The van der Waals surface area contributed by atoms with Crippen LogP contribution in [-0.2, 0) is 11.3 Å². The van der Waals surface area contributed by atoms with Crippen molar-refractivity contribution in [3.63, 3.8) is 0 Å². The van der Waals surface area contributed by atoms with E-state index in [4.69, 9.17) is 24.9 Å². The molecule has 0 aliphatic carbocycles. The Morgan fingerprint density at radius 2 is 1.74 bits per heavy atom. The number of urea groups is 1. The number of carbonyl (C=O) groups is 1. The number of anilines is 2. The topological polar surface area (TPSA) is 106 Å². The molecule has 0 unspecified atom stereocenters. The number of nitrogens with two attached hydrogens (primary N) is 1. The highest BCUT2D eigenvalue weighted by Crippen LogP contribution is 2.35. The lowest BCUT2D eigenvalue weighted by Gasteiger charge is -2.32. The van der Waals surface area contributed by atoms with Crippen molar-refractivity contribution in [3.8, 4) is 11.5 Å². The first-order chi connectivity index (χ1) is 18.0. The van der Waals surface area contributed by atoms with Gasteiger partial charge in [-0.1, -0.05) is 12.1 Å². The summed E-state index contributed by atoms with van der Waals surface area (Å²) in [6.07, 6.45) is 0.802. The van der Waals surface area contributed by atoms with Gasteiger partial charge >= 0.3 is 6.03 Å². The Labute approximate surface area is 226 Å². The van der Waals surface area contributed by atoms with Crippen LogP contribution in [-0.4, -0.2) is 85.4 Å². The van der Waals surface area contributed by atoms with Gasteiger partial charge in [0.2, 0.25) is 5.95 Å². The molecular formula is C26H32ClFN6O4. The molecule has 2 N–H and O–H groups in total.